The van der Waals surface area contributed by atoms with E-state index >= 15 is 0 Å². The average Bonchev–Trinajstić information content (AvgIpc) is 2.17. The first kappa shape index (κ1) is 13.5. The quantitative estimate of drug-likeness (QED) is 0.756. The number of rotatable bonds is 5. The Bertz CT molecular complexity index is 222. The van der Waals surface area contributed by atoms with Gasteiger partial charge in [0.1, 0.15) is 0 Å². The van der Waals surface area contributed by atoms with E-state index in [4.69, 9.17) is 5.73 Å². The topological polar surface area (TPSA) is 55.1 Å². The Morgan fingerprint density at radius 3 is 2.56 bits per heavy atom. The molecule has 0 bridgehead atoms. The molecular weight excluding hydrogens is 200 g/mol. The van der Waals surface area contributed by atoms with E-state index in [2.05, 4.69) is 19.2 Å². The van der Waals surface area contributed by atoms with Gasteiger partial charge in [0.2, 0.25) is 5.91 Å². The van der Waals surface area contributed by atoms with Gasteiger partial charge in [0.25, 0.3) is 0 Å². The third-order valence-electron chi connectivity index (χ3n) is 3.51. The van der Waals surface area contributed by atoms with Gasteiger partial charge in [-0.1, -0.05) is 32.6 Å². The molecule has 3 N–H and O–H groups in total. The standard InChI is InChI=1S/C13H26N2O/c1-3-7-11(14)10-12(16)15-13(2)8-5-4-6-9-13/h11H,3-10,14H2,1-2H3,(H,15,16). The number of carbonyl (C=O) groups is 1. The fourth-order valence-corrected chi connectivity index (χ4v) is 2.56. The van der Waals surface area contributed by atoms with Crippen molar-refractivity contribution < 1.29 is 4.79 Å². The zero-order valence-electron chi connectivity index (χ0n) is 10.7. The molecule has 16 heavy (non-hydrogen) atoms. The number of amides is 1. The van der Waals surface area contributed by atoms with Crippen molar-refractivity contribution in [3.63, 3.8) is 0 Å². The number of hydrogen-bond acceptors (Lipinski definition) is 2. The molecule has 1 aliphatic carbocycles. The van der Waals surface area contributed by atoms with Crippen molar-refractivity contribution in [3.05, 3.63) is 0 Å². The van der Waals surface area contributed by atoms with Crippen molar-refractivity contribution >= 4 is 5.91 Å². The fourth-order valence-electron chi connectivity index (χ4n) is 2.56. The summed E-state index contributed by atoms with van der Waals surface area (Å²) in [6, 6.07) is 0.0252. The molecule has 1 atom stereocenters. The van der Waals surface area contributed by atoms with Crippen molar-refractivity contribution in [2.45, 2.75) is 76.8 Å². The van der Waals surface area contributed by atoms with Gasteiger partial charge in [-0.2, -0.15) is 0 Å². The van der Waals surface area contributed by atoms with Crippen LogP contribution in [0.15, 0.2) is 0 Å². The normalized spacial score (nSPS) is 21.4. The molecule has 0 aromatic rings. The first-order valence-corrected chi connectivity index (χ1v) is 6.62. The van der Waals surface area contributed by atoms with Crippen LogP contribution in [-0.2, 0) is 4.79 Å². The summed E-state index contributed by atoms with van der Waals surface area (Å²) in [6.45, 7) is 4.26. The Kier molecular flexibility index (Phi) is 5.26. The predicted molar refractivity (Wildman–Crippen MR) is 67.1 cm³/mol. The third-order valence-corrected chi connectivity index (χ3v) is 3.51. The van der Waals surface area contributed by atoms with Crippen molar-refractivity contribution in [1.29, 1.82) is 0 Å². The van der Waals surface area contributed by atoms with E-state index in [-0.39, 0.29) is 17.5 Å². The molecule has 3 heteroatoms. The Morgan fingerprint density at radius 2 is 2.00 bits per heavy atom. The number of carbonyl (C=O) groups excluding carboxylic acids is 1. The Hall–Kier alpha value is -0.570. The molecule has 0 spiro atoms. The number of hydrogen-bond donors (Lipinski definition) is 2. The number of nitrogens with one attached hydrogen (secondary N) is 1. The second kappa shape index (κ2) is 6.24. The lowest BCUT2D eigenvalue weighted by atomic mass is 9.83. The highest BCUT2D eigenvalue weighted by atomic mass is 16.1. The largest absolute Gasteiger partial charge is 0.351 e. The van der Waals surface area contributed by atoms with E-state index in [0.29, 0.717) is 6.42 Å². The second-order valence-corrected chi connectivity index (χ2v) is 5.42. The predicted octanol–water partition coefficient (Wildman–Crippen LogP) is 2.34. The molecule has 1 saturated carbocycles. The Morgan fingerprint density at radius 1 is 1.38 bits per heavy atom. The van der Waals surface area contributed by atoms with E-state index in [1.807, 2.05) is 0 Å². The Balaban J connectivity index is 2.32. The lowest BCUT2D eigenvalue weighted by Crippen LogP contribution is -2.48. The van der Waals surface area contributed by atoms with Crippen LogP contribution in [-0.4, -0.2) is 17.5 Å². The molecule has 0 aromatic heterocycles. The van der Waals surface area contributed by atoms with E-state index in [9.17, 15) is 4.79 Å². The molecule has 1 fully saturated rings. The highest BCUT2D eigenvalue weighted by Crippen LogP contribution is 2.27. The van der Waals surface area contributed by atoms with Crippen LogP contribution < -0.4 is 11.1 Å². The zero-order valence-corrected chi connectivity index (χ0v) is 10.7. The van der Waals surface area contributed by atoms with Gasteiger partial charge in [0.15, 0.2) is 0 Å². The first-order valence-electron chi connectivity index (χ1n) is 6.62. The van der Waals surface area contributed by atoms with Crippen molar-refractivity contribution in [3.8, 4) is 0 Å². The lowest BCUT2D eigenvalue weighted by Gasteiger charge is -2.34. The van der Waals surface area contributed by atoms with Crippen LogP contribution in [0.25, 0.3) is 0 Å². The molecule has 0 radical (unpaired) electrons. The lowest BCUT2D eigenvalue weighted by molar-refractivity contribution is -0.123. The van der Waals surface area contributed by atoms with E-state index in [1.54, 1.807) is 0 Å². The van der Waals surface area contributed by atoms with Crippen LogP contribution in [0.3, 0.4) is 0 Å². The van der Waals surface area contributed by atoms with Gasteiger partial charge in [-0.05, 0) is 26.2 Å². The van der Waals surface area contributed by atoms with Gasteiger partial charge in [0.05, 0.1) is 0 Å². The molecular formula is C13H26N2O. The van der Waals surface area contributed by atoms with Gasteiger partial charge >= 0.3 is 0 Å². The summed E-state index contributed by atoms with van der Waals surface area (Å²) in [5.74, 6) is 0.130. The van der Waals surface area contributed by atoms with Crippen LogP contribution in [0.5, 0.6) is 0 Å². The molecule has 1 amide bonds. The second-order valence-electron chi connectivity index (χ2n) is 5.42. The molecule has 0 aliphatic heterocycles. The highest BCUT2D eigenvalue weighted by molar-refractivity contribution is 5.77. The first-order chi connectivity index (χ1) is 7.56. The summed E-state index contributed by atoms with van der Waals surface area (Å²) in [6.07, 6.45) is 8.46. The number of nitrogens with two attached hydrogens (primary N) is 1. The minimum Gasteiger partial charge on any atom is -0.351 e. The molecule has 1 rings (SSSR count). The summed E-state index contributed by atoms with van der Waals surface area (Å²) in [4.78, 5) is 11.8. The fraction of sp³-hybridized carbons (Fsp3) is 0.923. The summed E-state index contributed by atoms with van der Waals surface area (Å²) in [7, 11) is 0. The maximum atomic E-state index is 11.8. The smallest absolute Gasteiger partial charge is 0.221 e. The van der Waals surface area contributed by atoms with Gasteiger partial charge in [-0.25, -0.2) is 0 Å². The van der Waals surface area contributed by atoms with Crippen LogP contribution >= 0.6 is 0 Å². The minimum atomic E-state index is 0.0252. The Labute approximate surface area is 99.2 Å². The average molecular weight is 226 g/mol. The molecule has 1 aliphatic rings. The maximum Gasteiger partial charge on any atom is 0.221 e. The van der Waals surface area contributed by atoms with Crippen LogP contribution in [0.2, 0.25) is 0 Å². The van der Waals surface area contributed by atoms with E-state index in [1.165, 1.54) is 19.3 Å². The van der Waals surface area contributed by atoms with Gasteiger partial charge in [-0.15, -0.1) is 0 Å². The SMILES string of the molecule is CCCC(N)CC(=O)NC1(C)CCCCC1. The maximum absolute atomic E-state index is 11.8. The zero-order chi connectivity index (χ0) is 12.0. The van der Waals surface area contributed by atoms with Crippen LogP contribution in [0, 0.1) is 0 Å². The van der Waals surface area contributed by atoms with Crippen molar-refractivity contribution in [1.82, 2.24) is 5.32 Å². The molecule has 1 unspecified atom stereocenters. The van der Waals surface area contributed by atoms with Gasteiger partial charge < -0.3 is 11.1 Å². The molecule has 3 nitrogen and oxygen atoms in total. The summed E-state index contributed by atoms with van der Waals surface area (Å²) in [5, 5.41) is 3.17. The van der Waals surface area contributed by atoms with Crippen LogP contribution in [0.1, 0.15) is 65.2 Å². The monoisotopic (exact) mass is 226 g/mol. The van der Waals surface area contributed by atoms with Crippen molar-refractivity contribution in [2.24, 2.45) is 5.73 Å². The van der Waals surface area contributed by atoms with E-state index in [0.717, 1.165) is 25.7 Å². The van der Waals surface area contributed by atoms with Gasteiger partial charge in [-0.3, -0.25) is 4.79 Å². The van der Waals surface area contributed by atoms with E-state index < -0.39 is 0 Å². The summed E-state index contributed by atoms with van der Waals surface area (Å²) < 4.78 is 0. The molecule has 0 aromatic carbocycles. The molecule has 0 saturated heterocycles. The molecule has 0 heterocycles. The van der Waals surface area contributed by atoms with Crippen molar-refractivity contribution in [2.75, 3.05) is 0 Å². The third kappa shape index (κ3) is 4.52. The summed E-state index contributed by atoms with van der Waals surface area (Å²) >= 11 is 0. The minimum absolute atomic E-state index is 0.0252. The summed E-state index contributed by atoms with van der Waals surface area (Å²) in [5.41, 5.74) is 5.90. The molecule has 94 valence electrons. The van der Waals surface area contributed by atoms with Gasteiger partial charge in [0, 0.05) is 18.0 Å². The van der Waals surface area contributed by atoms with Crippen LogP contribution in [0.4, 0.5) is 0 Å². The highest BCUT2D eigenvalue weighted by Gasteiger charge is 2.28.